The van der Waals surface area contributed by atoms with Gasteiger partial charge in [-0.2, -0.15) is 0 Å². The lowest BCUT2D eigenvalue weighted by molar-refractivity contribution is 0.423. The number of benzene rings is 2. The number of nitrogens with two attached hydrogens (primary N) is 1. The van der Waals surface area contributed by atoms with Gasteiger partial charge in [0.25, 0.3) is 0 Å². The van der Waals surface area contributed by atoms with Crippen LogP contribution in [0.5, 0.6) is 0 Å². The molecule has 0 fully saturated rings. The number of rotatable bonds is 2. The van der Waals surface area contributed by atoms with Crippen LogP contribution in [0, 0.1) is 0 Å². The molecule has 0 saturated carbocycles. The first-order valence-corrected chi connectivity index (χ1v) is 6.35. The molecule has 2 unspecified atom stereocenters. The van der Waals surface area contributed by atoms with Gasteiger partial charge in [0, 0.05) is 5.69 Å². The van der Waals surface area contributed by atoms with E-state index in [0.29, 0.717) is 5.56 Å². The maximum atomic E-state index is 13.6. The Morgan fingerprint density at radius 1 is 0.824 bits per heavy atom. The van der Waals surface area contributed by atoms with Crippen molar-refractivity contribution in [3.8, 4) is 11.1 Å². The fourth-order valence-electron chi connectivity index (χ4n) is 1.59. The van der Waals surface area contributed by atoms with E-state index < -0.39 is 5.15 Å². The molecule has 0 radical (unpaired) electrons. The van der Waals surface area contributed by atoms with Gasteiger partial charge in [-0.1, -0.05) is 54.9 Å². The number of nitrogen functional groups attached to an aromatic ring is 1. The molecule has 2 N–H and O–H groups in total. The molecule has 0 aliphatic carbocycles. The average Bonchev–Trinajstić information content (AvgIpc) is 2.29. The minimum Gasteiger partial charge on any atom is -0.399 e. The molecule has 0 saturated heterocycles. The normalized spacial score (nSPS) is 11.5. The van der Waals surface area contributed by atoms with Gasteiger partial charge in [0.1, 0.15) is 0 Å². The highest BCUT2D eigenvalue weighted by molar-refractivity contribution is 7.38. The van der Waals surface area contributed by atoms with Gasteiger partial charge in [0.15, 0.2) is 5.15 Å². The molecule has 2 aromatic carbocycles. The van der Waals surface area contributed by atoms with Crippen LogP contribution in [0.25, 0.3) is 11.1 Å². The Morgan fingerprint density at radius 3 is 1.65 bits per heavy atom. The standard InChI is InChI=1S/C13H14FNP2/c14-13(16,17)11-5-1-9(2-6-11)10-3-7-12(15)8-4-10/h1-8H,15-17H2. The molecule has 0 aliphatic rings. The summed E-state index contributed by atoms with van der Waals surface area (Å²) in [4.78, 5) is 0. The molecular formula is C13H14FNP2. The summed E-state index contributed by atoms with van der Waals surface area (Å²) in [5, 5.41) is -1.46. The first-order chi connectivity index (χ1) is 7.97. The average molecular weight is 265 g/mol. The van der Waals surface area contributed by atoms with Crippen LogP contribution in [0.2, 0.25) is 0 Å². The SMILES string of the molecule is Nc1ccc(-c2ccc(C(F)(P)P)cc2)cc1. The molecule has 2 aromatic rings. The summed E-state index contributed by atoms with van der Waals surface area (Å²) in [6.07, 6.45) is 0. The zero-order valence-electron chi connectivity index (χ0n) is 9.23. The van der Waals surface area contributed by atoms with Crippen molar-refractivity contribution in [2.45, 2.75) is 5.15 Å². The third-order valence-electron chi connectivity index (χ3n) is 2.57. The Balaban J connectivity index is 2.33. The van der Waals surface area contributed by atoms with Crippen LogP contribution in [-0.2, 0) is 5.15 Å². The second-order valence-corrected chi connectivity index (χ2v) is 6.31. The lowest BCUT2D eigenvalue weighted by Gasteiger charge is -2.14. The number of halogens is 1. The Labute approximate surface area is 105 Å². The predicted octanol–water partition coefficient (Wildman–Crippen LogP) is 3.77. The zero-order valence-corrected chi connectivity index (χ0v) is 11.5. The van der Waals surface area contributed by atoms with Gasteiger partial charge in [0.05, 0.1) is 0 Å². The van der Waals surface area contributed by atoms with Gasteiger partial charge in [-0.25, -0.2) is 4.39 Å². The molecule has 2 rings (SSSR count). The van der Waals surface area contributed by atoms with E-state index in [9.17, 15) is 4.39 Å². The van der Waals surface area contributed by atoms with Crippen molar-refractivity contribution >= 4 is 24.2 Å². The highest BCUT2D eigenvalue weighted by atomic mass is 31.1. The van der Waals surface area contributed by atoms with Crippen molar-refractivity contribution in [1.29, 1.82) is 0 Å². The lowest BCUT2D eigenvalue weighted by atomic mass is 10.0. The van der Waals surface area contributed by atoms with Crippen LogP contribution in [0.3, 0.4) is 0 Å². The first kappa shape index (κ1) is 12.5. The fraction of sp³-hybridized carbons (Fsp3) is 0.0769. The van der Waals surface area contributed by atoms with E-state index >= 15 is 0 Å². The third-order valence-corrected chi connectivity index (χ3v) is 3.24. The van der Waals surface area contributed by atoms with Crippen LogP contribution < -0.4 is 5.73 Å². The molecular weight excluding hydrogens is 251 g/mol. The molecule has 0 amide bonds. The predicted molar refractivity (Wildman–Crippen MR) is 78.5 cm³/mol. The van der Waals surface area contributed by atoms with Gasteiger partial charge >= 0.3 is 0 Å². The molecule has 4 heteroatoms. The van der Waals surface area contributed by atoms with Crippen LogP contribution in [-0.4, -0.2) is 0 Å². The highest BCUT2D eigenvalue weighted by Crippen LogP contribution is 2.40. The second kappa shape index (κ2) is 4.72. The number of hydrogen-bond donors (Lipinski definition) is 1. The molecule has 17 heavy (non-hydrogen) atoms. The lowest BCUT2D eigenvalue weighted by Crippen LogP contribution is -1.98. The molecule has 0 bridgehead atoms. The Hall–Kier alpha value is -0.970. The van der Waals surface area contributed by atoms with Crippen molar-refractivity contribution in [3.05, 3.63) is 54.1 Å². The van der Waals surface area contributed by atoms with Crippen molar-refractivity contribution in [1.82, 2.24) is 0 Å². The van der Waals surface area contributed by atoms with E-state index in [0.717, 1.165) is 16.8 Å². The Bertz CT molecular complexity index is 500. The minimum absolute atomic E-state index is 0.617. The van der Waals surface area contributed by atoms with Gasteiger partial charge in [-0.05, 0) is 28.8 Å². The van der Waals surface area contributed by atoms with Crippen molar-refractivity contribution in [2.24, 2.45) is 0 Å². The van der Waals surface area contributed by atoms with Crippen LogP contribution in [0.15, 0.2) is 48.5 Å². The molecule has 2 atom stereocenters. The molecule has 0 heterocycles. The molecule has 1 nitrogen and oxygen atoms in total. The largest absolute Gasteiger partial charge is 0.399 e. The van der Waals surface area contributed by atoms with Crippen LogP contribution >= 0.6 is 18.5 Å². The summed E-state index contributed by atoms with van der Waals surface area (Å²) in [6, 6.07) is 15.0. The monoisotopic (exact) mass is 265 g/mol. The highest BCUT2D eigenvalue weighted by Gasteiger charge is 2.18. The van der Waals surface area contributed by atoms with Gasteiger partial charge in [-0.3, -0.25) is 0 Å². The van der Waals surface area contributed by atoms with E-state index in [2.05, 4.69) is 18.5 Å². The smallest absolute Gasteiger partial charge is 0.160 e. The molecule has 0 aliphatic heterocycles. The van der Waals surface area contributed by atoms with Crippen molar-refractivity contribution in [2.75, 3.05) is 5.73 Å². The summed E-state index contributed by atoms with van der Waals surface area (Å²) >= 11 is 0. The number of hydrogen-bond acceptors (Lipinski definition) is 1. The minimum atomic E-state index is -1.46. The van der Waals surface area contributed by atoms with E-state index in [1.165, 1.54) is 0 Å². The van der Waals surface area contributed by atoms with E-state index in [-0.39, 0.29) is 0 Å². The van der Waals surface area contributed by atoms with Crippen molar-refractivity contribution in [3.63, 3.8) is 0 Å². The van der Waals surface area contributed by atoms with E-state index in [1.54, 1.807) is 12.1 Å². The fourth-order valence-corrected chi connectivity index (χ4v) is 1.98. The summed E-state index contributed by atoms with van der Waals surface area (Å²) in [5.74, 6) is 0. The number of alkyl halides is 1. The maximum absolute atomic E-state index is 13.6. The number of anilines is 1. The first-order valence-electron chi connectivity index (χ1n) is 5.20. The van der Waals surface area contributed by atoms with Gasteiger partial charge in [0.2, 0.25) is 0 Å². The Morgan fingerprint density at radius 2 is 1.24 bits per heavy atom. The van der Waals surface area contributed by atoms with Gasteiger partial charge in [-0.15, -0.1) is 0 Å². The maximum Gasteiger partial charge on any atom is 0.160 e. The van der Waals surface area contributed by atoms with Crippen molar-refractivity contribution < 1.29 is 4.39 Å². The second-order valence-electron chi connectivity index (χ2n) is 3.97. The summed E-state index contributed by atoms with van der Waals surface area (Å²) in [5.41, 5.74) is 9.11. The molecule has 88 valence electrons. The summed E-state index contributed by atoms with van der Waals surface area (Å²) in [7, 11) is 4.32. The van der Waals surface area contributed by atoms with E-state index in [1.807, 2.05) is 36.4 Å². The van der Waals surface area contributed by atoms with Gasteiger partial charge < -0.3 is 5.73 Å². The quantitative estimate of drug-likeness (QED) is 0.649. The van der Waals surface area contributed by atoms with Crippen LogP contribution in [0.4, 0.5) is 10.1 Å². The molecule has 0 spiro atoms. The third kappa shape index (κ3) is 3.03. The van der Waals surface area contributed by atoms with E-state index in [4.69, 9.17) is 5.73 Å². The zero-order chi connectivity index (χ0) is 12.5. The van der Waals surface area contributed by atoms with Crippen LogP contribution in [0.1, 0.15) is 5.56 Å². The molecule has 0 aromatic heterocycles. The summed E-state index contributed by atoms with van der Waals surface area (Å²) < 4.78 is 13.6. The summed E-state index contributed by atoms with van der Waals surface area (Å²) in [6.45, 7) is 0. The Kier molecular flexibility index (Phi) is 3.47. The topological polar surface area (TPSA) is 26.0 Å².